The van der Waals surface area contributed by atoms with Crippen LogP contribution in [-0.2, 0) is 0 Å². The Morgan fingerprint density at radius 1 is 0.467 bits per heavy atom. The van der Waals surface area contributed by atoms with Gasteiger partial charge in [0.15, 0.2) is 0 Å². The van der Waals surface area contributed by atoms with Crippen molar-refractivity contribution in [2.24, 2.45) is 15.9 Å². The summed E-state index contributed by atoms with van der Waals surface area (Å²) in [6, 6.07) is 39.2. The van der Waals surface area contributed by atoms with Crippen LogP contribution in [0.1, 0.15) is 118 Å². The first-order valence-electron chi connectivity index (χ1n) is 34.0. The number of nitrogens with zero attached hydrogens (tertiary/aromatic N) is 4. The van der Waals surface area contributed by atoms with E-state index in [0.717, 1.165) is 105 Å². The van der Waals surface area contributed by atoms with Gasteiger partial charge in [0, 0.05) is 51.4 Å². The number of thiocarbonyl (C=S) groups is 1. The Labute approximate surface area is 708 Å². The number of nitrogens with two attached hydrogens (primary N) is 2. The van der Waals surface area contributed by atoms with Crippen LogP contribution in [0.15, 0.2) is 361 Å². The van der Waals surface area contributed by atoms with Gasteiger partial charge in [-0.2, -0.15) is 4.99 Å². The molecule has 0 aliphatic heterocycles. The predicted octanol–water partition coefficient (Wildman–Crippen LogP) is 30.4. The number of halogens is 5. The van der Waals surface area contributed by atoms with E-state index in [1.165, 1.54) is 116 Å². The van der Waals surface area contributed by atoms with Crippen molar-refractivity contribution < 1.29 is 9.90 Å². The normalized spacial score (nSPS) is 17.4. The molecule has 0 heterocycles. The van der Waals surface area contributed by atoms with Gasteiger partial charge in [0.2, 0.25) is 0 Å². The highest BCUT2D eigenvalue weighted by atomic mass is 127. The lowest BCUT2D eigenvalue weighted by atomic mass is 9.83. The van der Waals surface area contributed by atoms with Gasteiger partial charge in [-0.3, -0.25) is 5.84 Å². The molecule has 0 radical (unpaired) electrons. The number of thioether (sulfide) groups is 3. The fourth-order valence-corrected chi connectivity index (χ4v) is 17.7. The third-order valence-corrected chi connectivity index (χ3v) is 22.3. The molecule has 0 amide bonds. The van der Waals surface area contributed by atoms with E-state index >= 15 is 0 Å². The highest BCUT2D eigenvalue weighted by Gasteiger charge is 2.22. The summed E-state index contributed by atoms with van der Waals surface area (Å²) in [5, 5.41) is 15.0. The van der Waals surface area contributed by atoms with E-state index in [9.17, 15) is 4.79 Å². The van der Waals surface area contributed by atoms with Crippen LogP contribution >= 0.6 is 160 Å². The molecule has 105 heavy (non-hydrogen) atoms. The maximum atomic E-state index is 10.9. The Bertz CT molecular complexity index is 4350. The number of hydrazine groups is 1. The molecule has 6 N–H and O–H groups in total. The third-order valence-electron chi connectivity index (χ3n) is 16.7. The number of carboxylic acids is 1. The molecule has 0 aromatic heterocycles. The summed E-state index contributed by atoms with van der Waals surface area (Å²) in [4.78, 5) is 25.2. The Hall–Kier alpha value is -6.26. The molecule has 0 spiro atoms. The van der Waals surface area contributed by atoms with Crippen LogP contribution in [0.2, 0.25) is 0 Å². The van der Waals surface area contributed by atoms with Crippen LogP contribution in [0.25, 0.3) is 21.6 Å². The second-order valence-corrected chi connectivity index (χ2v) is 30.6. The summed E-state index contributed by atoms with van der Waals surface area (Å²) < 4.78 is 10.4. The molecule has 5 aliphatic rings. The van der Waals surface area contributed by atoms with E-state index in [-0.39, 0.29) is 0 Å². The van der Waals surface area contributed by atoms with Crippen molar-refractivity contribution >= 4 is 205 Å². The number of isothiocyanates is 1. The fourth-order valence-electron chi connectivity index (χ4n) is 12.1. The van der Waals surface area contributed by atoms with Gasteiger partial charge in [-0.25, -0.2) is 4.79 Å². The van der Waals surface area contributed by atoms with Crippen LogP contribution in [0.3, 0.4) is 0 Å². The molecule has 0 saturated carbocycles. The number of aromatic carboxylic acids is 1. The highest BCUT2D eigenvalue weighted by Crippen LogP contribution is 2.46. The number of benzene rings is 5. The molecule has 0 fully saturated rings. The summed E-state index contributed by atoms with van der Waals surface area (Å²) in [6.45, 7) is 19.1. The number of azide groups is 1. The number of anilines is 2. The number of hydrogen-bond acceptors (Lipinski definition) is 10. The largest absolute Gasteiger partial charge is 0.478 e. The molecule has 5 aromatic carbocycles. The van der Waals surface area contributed by atoms with E-state index in [1.807, 2.05) is 131 Å². The van der Waals surface area contributed by atoms with Gasteiger partial charge in [0.25, 0.3) is 0 Å². The number of carboxylic acid groups (broad SMARTS) is 1. The zero-order chi connectivity index (χ0) is 75.6. The summed E-state index contributed by atoms with van der Waals surface area (Å²) in [7, 11) is 0. The van der Waals surface area contributed by atoms with Crippen LogP contribution in [0, 0.1) is 0 Å². The quantitative estimate of drug-likeness (QED) is 0.00608. The fraction of sp³-hybridized carbons (Fsp3) is 0.172. The first kappa shape index (κ1) is 87.6. The van der Waals surface area contributed by atoms with E-state index in [4.69, 9.17) is 22.2 Å². The molecule has 540 valence electrons. The minimum Gasteiger partial charge on any atom is -0.478 e. The Morgan fingerprint density at radius 2 is 0.781 bits per heavy atom. The summed E-state index contributed by atoms with van der Waals surface area (Å²) in [5.74, 6) is 4.54. The van der Waals surface area contributed by atoms with E-state index in [0.29, 0.717) is 11.3 Å². The van der Waals surface area contributed by atoms with Gasteiger partial charge in [-0.15, -0.1) is 0 Å². The minimum absolute atomic E-state index is 0.316. The molecule has 18 heteroatoms. The molecule has 5 aromatic rings. The minimum atomic E-state index is -0.894. The smallest absolute Gasteiger partial charge is 0.335 e. The summed E-state index contributed by atoms with van der Waals surface area (Å²) in [6.07, 6.45) is 47.8. The molecule has 10 rings (SSSR count). The zero-order valence-electron chi connectivity index (χ0n) is 58.6. The van der Waals surface area contributed by atoms with E-state index < -0.39 is 5.97 Å². The van der Waals surface area contributed by atoms with Crippen molar-refractivity contribution in [3.63, 3.8) is 0 Å². The van der Waals surface area contributed by atoms with Crippen molar-refractivity contribution in [1.29, 1.82) is 0 Å². The van der Waals surface area contributed by atoms with E-state index in [2.05, 4.69) is 297 Å². The molecule has 0 saturated heterocycles. The number of carbonyl (C=O) groups is 1. The molecular weight excluding hydrogens is 1940 g/mol. The maximum Gasteiger partial charge on any atom is 0.335 e. The second kappa shape index (κ2) is 50.4. The SMILES string of the molecule is C=C/C=C1\CCCC(/C=C/I)=C1Sc1ccc(C(=O)O)cc1.C=C/C=C1\CCCC(/C=C/I)=C1Sc1ccc(N)cc1.C=C/C=C1\CCCC(/C=C/I)=C1Sc1ccc(N=C=S)cc1.C=C/C=C1\CCCC(/C=C/I)=C1c1ccc(N=[N+]=[N-])cc1.C=C/C=C1\CCCC(/C=C/I)=C1c1ccc(NN)cc1. The standard InChI is InChI=1S/C18H16INS2.C18H17IO2S.C17H16IN3.C17H19IN2.C17H18INS/c1-2-4-14-5-3-6-15(11-12-19)18(14)22-17-9-7-16(8-10-17)20-13-21;1-2-4-13-5-3-6-14(11-12-19)17(13)22-16-9-7-15(8-10-16)18(20)21;1-2-4-13-5-3-6-14(11-12-18)17(13)15-7-9-16(10-8-15)20-21-19;1-2-4-13-5-3-6-14(11-12-18)17(13)15-7-9-16(20-19)10-8-15;1-2-4-13-5-3-6-14(11-12-18)17(13)20-16-9-7-15(19)8-10-16/h2,4,7-12H,1,3,5-6H2;2,4,7-12H,1,3,5-6H2,(H,20,21);2,4,7-12H,1,3,5-6H2;2,4,7-12,20H,1,3,5-6,19H2;2,4,7-12H,1,3,5-6,19H2/b12-11+,14-4+;4*12-11+,13-4+. The Kier molecular flexibility index (Phi) is 42.1. The molecular formula is C87H86I5N7O2S4. The van der Waals surface area contributed by atoms with Gasteiger partial charge >= 0.3 is 5.97 Å². The van der Waals surface area contributed by atoms with Crippen molar-refractivity contribution in [2.75, 3.05) is 11.2 Å². The topological polar surface area (TPSA) is 162 Å². The zero-order valence-corrected chi connectivity index (χ0v) is 72.6. The monoisotopic (exact) mass is 2020 g/mol. The molecule has 0 bridgehead atoms. The van der Waals surface area contributed by atoms with E-state index in [1.54, 1.807) is 23.9 Å². The first-order chi connectivity index (χ1) is 51.3. The van der Waals surface area contributed by atoms with Crippen LogP contribution < -0.4 is 17.0 Å². The second-order valence-electron chi connectivity index (χ2n) is 23.6. The van der Waals surface area contributed by atoms with Crippen molar-refractivity contribution in [3.8, 4) is 0 Å². The molecule has 0 atom stereocenters. The van der Waals surface area contributed by atoms with Gasteiger partial charge < -0.3 is 16.3 Å². The highest BCUT2D eigenvalue weighted by molar-refractivity contribution is 14.1. The van der Waals surface area contributed by atoms with Crippen molar-refractivity contribution in [2.45, 2.75) is 111 Å². The molecule has 5 aliphatic carbocycles. The number of allylic oxidation sites excluding steroid dienone is 27. The molecule has 9 nitrogen and oxygen atoms in total. The number of hydrogen-bond donors (Lipinski definition) is 4. The Balaban J connectivity index is 0.000000206. The van der Waals surface area contributed by atoms with Gasteiger partial charge in [0.05, 0.1) is 16.4 Å². The molecule has 0 unspecified atom stereocenters. The third kappa shape index (κ3) is 29.0. The van der Waals surface area contributed by atoms with Gasteiger partial charge in [-0.05, 0) is 297 Å². The van der Waals surface area contributed by atoms with Gasteiger partial charge in [-0.1, -0.05) is 314 Å². The summed E-state index contributed by atoms with van der Waals surface area (Å²) >= 11 is 21.3. The van der Waals surface area contributed by atoms with Crippen molar-refractivity contribution in [3.05, 3.63) is 363 Å². The van der Waals surface area contributed by atoms with Crippen LogP contribution in [0.5, 0.6) is 0 Å². The number of rotatable bonds is 22. The van der Waals surface area contributed by atoms with Gasteiger partial charge in [0.1, 0.15) is 0 Å². The number of nitrogens with one attached hydrogen (secondary N) is 1. The lowest BCUT2D eigenvalue weighted by Gasteiger charge is -2.22. The maximum absolute atomic E-state index is 10.9. The average molecular weight is 2020 g/mol. The Morgan fingerprint density at radius 3 is 1.11 bits per heavy atom. The van der Waals surface area contributed by atoms with Crippen molar-refractivity contribution in [1.82, 2.24) is 0 Å². The lowest BCUT2D eigenvalue weighted by Crippen LogP contribution is -2.06. The van der Waals surface area contributed by atoms with Crippen LogP contribution in [0.4, 0.5) is 22.7 Å². The lowest BCUT2D eigenvalue weighted by molar-refractivity contribution is 0.0696. The number of aliphatic imine (C=N–C) groups is 1. The number of nitrogen functional groups attached to an aromatic ring is 2. The summed E-state index contributed by atoms with van der Waals surface area (Å²) in [5.41, 5.74) is 39.1. The first-order valence-corrected chi connectivity index (χ1v) is 43.1. The average Bonchev–Trinajstić information content (AvgIpc) is 0.832. The predicted molar refractivity (Wildman–Crippen MR) is 504 cm³/mol. The van der Waals surface area contributed by atoms with Crippen LogP contribution in [-0.4, -0.2) is 16.2 Å².